The standard InChI is InChI=1S/C13H14N4O4/c1-8-2-3-9(12(18)19)6-10(8)16-13(20)14-5-4-11-15-7-21-17-11/h2-3,6-7H,4-5H2,1H3,(H,18,19)(H2,14,16,20). The first-order valence-corrected chi connectivity index (χ1v) is 6.20. The Balaban J connectivity index is 1.90. The van der Waals surface area contributed by atoms with Crippen LogP contribution in [0.4, 0.5) is 10.5 Å². The van der Waals surface area contributed by atoms with Crippen LogP contribution < -0.4 is 10.6 Å². The highest BCUT2D eigenvalue weighted by atomic mass is 16.5. The quantitative estimate of drug-likeness (QED) is 0.767. The predicted octanol–water partition coefficient (Wildman–Crippen LogP) is 1.44. The summed E-state index contributed by atoms with van der Waals surface area (Å²) in [5, 5.41) is 17.8. The van der Waals surface area contributed by atoms with Gasteiger partial charge in [0.25, 0.3) is 0 Å². The van der Waals surface area contributed by atoms with E-state index in [2.05, 4.69) is 25.3 Å². The van der Waals surface area contributed by atoms with E-state index in [-0.39, 0.29) is 5.56 Å². The molecule has 1 aromatic carbocycles. The van der Waals surface area contributed by atoms with Gasteiger partial charge >= 0.3 is 12.0 Å². The number of hydrogen-bond acceptors (Lipinski definition) is 5. The van der Waals surface area contributed by atoms with Gasteiger partial charge in [-0.1, -0.05) is 11.2 Å². The number of carboxylic acids is 1. The molecular weight excluding hydrogens is 276 g/mol. The maximum atomic E-state index is 11.7. The molecule has 2 rings (SSSR count). The molecule has 0 spiro atoms. The summed E-state index contributed by atoms with van der Waals surface area (Å²) in [4.78, 5) is 26.5. The molecule has 0 saturated carbocycles. The van der Waals surface area contributed by atoms with Crippen LogP contribution in [0, 0.1) is 6.92 Å². The van der Waals surface area contributed by atoms with E-state index in [0.717, 1.165) is 5.56 Å². The molecule has 21 heavy (non-hydrogen) atoms. The van der Waals surface area contributed by atoms with Gasteiger partial charge in [0.05, 0.1) is 5.56 Å². The van der Waals surface area contributed by atoms with Crippen molar-refractivity contribution < 1.29 is 19.2 Å². The van der Waals surface area contributed by atoms with Crippen LogP contribution in [0.2, 0.25) is 0 Å². The average molecular weight is 290 g/mol. The summed E-state index contributed by atoms with van der Waals surface area (Å²) in [5.74, 6) is -0.546. The molecule has 2 amide bonds. The van der Waals surface area contributed by atoms with Gasteiger partial charge in [0.2, 0.25) is 6.39 Å². The van der Waals surface area contributed by atoms with E-state index in [0.29, 0.717) is 24.5 Å². The van der Waals surface area contributed by atoms with Crippen molar-refractivity contribution >= 4 is 17.7 Å². The van der Waals surface area contributed by atoms with Gasteiger partial charge in [0.15, 0.2) is 5.82 Å². The van der Waals surface area contributed by atoms with Crippen molar-refractivity contribution in [1.29, 1.82) is 0 Å². The van der Waals surface area contributed by atoms with E-state index in [1.165, 1.54) is 18.5 Å². The summed E-state index contributed by atoms with van der Waals surface area (Å²) < 4.78 is 4.57. The number of carbonyl (C=O) groups excluding carboxylic acids is 1. The maximum absolute atomic E-state index is 11.7. The predicted molar refractivity (Wildman–Crippen MR) is 73.2 cm³/mol. The van der Waals surface area contributed by atoms with Gasteiger partial charge < -0.3 is 20.3 Å². The molecule has 8 nitrogen and oxygen atoms in total. The number of carbonyl (C=O) groups is 2. The largest absolute Gasteiger partial charge is 0.478 e. The Bertz CT molecular complexity index is 640. The van der Waals surface area contributed by atoms with E-state index in [1.54, 1.807) is 13.0 Å². The number of nitrogens with zero attached hydrogens (tertiary/aromatic N) is 2. The number of aryl methyl sites for hydroxylation is 1. The van der Waals surface area contributed by atoms with Crippen LogP contribution in [0.3, 0.4) is 0 Å². The molecule has 0 aliphatic heterocycles. The second kappa shape index (κ2) is 6.51. The summed E-state index contributed by atoms with van der Waals surface area (Å²) in [5.41, 5.74) is 1.34. The van der Waals surface area contributed by atoms with Crippen LogP contribution in [-0.2, 0) is 6.42 Å². The SMILES string of the molecule is Cc1ccc(C(=O)O)cc1NC(=O)NCCc1ncon1. The first-order chi connectivity index (χ1) is 10.1. The molecule has 0 radical (unpaired) electrons. The fourth-order valence-electron chi connectivity index (χ4n) is 1.65. The zero-order chi connectivity index (χ0) is 15.2. The molecular formula is C13H14N4O4. The molecule has 2 aromatic rings. The number of nitrogens with one attached hydrogen (secondary N) is 2. The van der Waals surface area contributed by atoms with Crippen molar-refractivity contribution in [3.8, 4) is 0 Å². The van der Waals surface area contributed by atoms with E-state index < -0.39 is 12.0 Å². The lowest BCUT2D eigenvalue weighted by Crippen LogP contribution is -2.31. The number of carboxylic acid groups (broad SMARTS) is 1. The Morgan fingerprint density at radius 1 is 1.38 bits per heavy atom. The summed E-state index contributed by atoms with van der Waals surface area (Å²) >= 11 is 0. The molecule has 0 aliphatic rings. The number of aromatic nitrogens is 2. The maximum Gasteiger partial charge on any atom is 0.335 e. The molecule has 0 saturated heterocycles. The zero-order valence-corrected chi connectivity index (χ0v) is 11.3. The Labute approximate surface area is 120 Å². The van der Waals surface area contributed by atoms with E-state index in [9.17, 15) is 9.59 Å². The third-order valence-corrected chi connectivity index (χ3v) is 2.77. The van der Waals surface area contributed by atoms with Gasteiger partial charge in [-0.05, 0) is 24.6 Å². The number of amides is 2. The smallest absolute Gasteiger partial charge is 0.335 e. The van der Waals surface area contributed by atoms with Gasteiger partial charge in [0, 0.05) is 18.7 Å². The summed E-state index contributed by atoms with van der Waals surface area (Å²) in [6, 6.07) is 4.11. The molecule has 0 bridgehead atoms. The van der Waals surface area contributed by atoms with E-state index in [1.807, 2.05) is 0 Å². The van der Waals surface area contributed by atoms with Crippen LogP contribution in [-0.4, -0.2) is 33.8 Å². The third kappa shape index (κ3) is 4.03. The lowest BCUT2D eigenvalue weighted by molar-refractivity contribution is 0.0697. The van der Waals surface area contributed by atoms with Crippen molar-refractivity contribution in [2.45, 2.75) is 13.3 Å². The fourth-order valence-corrected chi connectivity index (χ4v) is 1.65. The minimum atomic E-state index is -1.05. The van der Waals surface area contributed by atoms with Crippen molar-refractivity contribution in [1.82, 2.24) is 15.5 Å². The molecule has 1 aromatic heterocycles. The van der Waals surface area contributed by atoms with Gasteiger partial charge in [0.1, 0.15) is 0 Å². The average Bonchev–Trinajstić information content (AvgIpc) is 2.94. The third-order valence-electron chi connectivity index (χ3n) is 2.77. The number of aromatic carboxylic acids is 1. The number of benzene rings is 1. The minimum Gasteiger partial charge on any atom is -0.478 e. The molecule has 0 atom stereocenters. The van der Waals surface area contributed by atoms with Crippen LogP contribution in [0.1, 0.15) is 21.7 Å². The molecule has 0 aliphatic carbocycles. The highest BCUT2D eigenvalue weighted by Crippen LogP contribution is 2.16. The fraction of sp³-hybridized carbons (Fsp3) is 0.231. The van der Waals surface area contributed by atoms with Gasteiger partial charge in [-0.25, -0.2) is 9.59 Å². The summed E-state index contributed by atoms with van der Waals surface area (Å²) in [6.07, 6.45) is 1.66. The number of urea groups is 1. The molecule has 110 valence electrons. The number of hydrogen-bond donors (Lipinski definition) is 3. The Morgan fingerprint density at radius 3 is 2.86 bits per heavy atom. The lowest BCUT2D eigenvalue weighted by atomic mass is 10.1. The highest BCUT2D eigenvalue weighted by molar-refractivity contribution is 5.93. The van der Waals surface area contributed by atoms with Crippen LogP contribution >= 0.6 is 0 Å². The van der Waals surface area contributed by atoms with Crippen molar-refractivity contribution in [3.05, 3.63) is 41.5 Å². The zero-order valence-electron chi connectivity index (χ0n) is 11.3. The number of rotatable bonds is 5. The van der Waals surface area contributed by atoms with E-state index >= 15 is 0 Å². The minimum absolute atomic E-state index is 0.114. The second-order valence-corrected chi connectivity index (χ2v) is 4.31. The van der Waals surface area contributed by atoms with Crippen LogP contribution in [0.5, 0.6) is 0 Å². The molecule has 0 fully saturated rings. The van der Waals surface area contributed by atoms with Crippen molar-refractivity contribution in [2.75, 3.05) is 11.9 Å². The Morgan fingerprint density at radius 2 is 2.19 bits per heavy atom. The topological polar surface area (TPSA) is 117 Å². The van der Waals surface area contributed by atoms with Gasteiger partial charge in [-0.15, -0.1) is 0 Å². The van der Waals surface area contributed by atoms with Crippen molar-refractivity contribution in [2.24, 2.45) is 0 Å². The van der Waals surface area contributed by atoms with Gasteiger partial charge in [-0.3, -0.25) is 0 Å². The summed E-state index contributed by atoms with van der Waals surface area (Å²) in [6.45, 7) is 2.11. The number of anilines is 1. The van der Waals surface area contributed by atoms with Crippen LogP contribution in [0.15, 0.2) is 29.1 Å². The Hall–Kier alpha value is -2.90. The first kappa shape index (κ1) is 14.5. The first-order valence-electron chi connectivity index (χ1n) is 6.20. The highest BCUT2D eigenvalue weighted by Gasteiger charge is 2.09. The second-order valence-electron chi connectivity index (χ2n) is 4.31. The molecule has 1 heterocycles. The Kier molecular flexibility index (Phi) is 4.50. The van der Waals surface area contributed by atoms with E-state index in [4.69, 9.17) is 5.11 Å². The lowest BCUT2D eigenvalue weighted by Gasteiger charge is -2.10. The molecule has 8 heteroatoms. The normalized spacial score (nSPS) is 10.1. The monoisotopic (exact) mass is 290 g/mol. The summed E-state index contributed by atoms with van der Waals surface area (Å²) in [7, 11) is 0. The van der Waals surface area contributed by atoms with Crippen LogP contribution in [0.25, 0.3) is 0 Å². The van der Waals surface area contributed by atoms with Crippen molar-refractivity contribution in [3.63, 3.8) is 0 Å². The molecule has 3 N–H and O–H groups in total. The van der Waals surface area contributed by atoms with Gasteiger partial charge in [-0.2, -0.15) is 4.98 Å². The molecule has 0 unspecified atom stereocenters.